The van der Waals surface area contributed by atoms with Crippen molar-refractivity contribution < 1.29 is 14.3 Å². The Morgan fingerprint density at radius 1 is 1.19 bits per heavy atom. The van der Waals surface area contributed by atoms with Crippen LogP contribution in [0.1, 0.15) is 44.6 Å². The van der Waals surface area contributed by atoms with E-state index >= 15 is 0 Å². The number of para-hydroxylation sites is 1. The van der Waals surface area contributed by atoms with Crippen molar-refractivity contribution >= 4 is 22.8 Å². The molecule has 6 heteroatoms. The van der Waals surface area contributed by atoms with E-state index in [-0.39, 0.29) is 5.91 Å². The maximum atomic E-state index is 12.5. The first-order valence-corrected chi connectivity index (χ1v) is 8.72. The predicted octanol–water partition coefficient (Wildman–Crippen LogP) is 3.26. The molecule has 0 aliphatic heterocycles. The number of nitrogens with one attached hydrogen (secondary N) is 3. The number of hydrogen-bond donors (Lipinski definition) is 3. The van der Waals surface area contributed by atoms with Gasteiger partial charge in [-0.2, -0.15) is 0 Å². The molecule has 0 aliphatic rings. The normalized spacial score (nSPS) is 10.9. The highest BCUT2D eigenvalue weighted by molar-refractivity contribution is 6.00. The number of carbonyl (C=O) groups excluding carboxylic acids is 2. The molecule has 26 heavy (non-hydrogen) atoms. The summed E-state index contributed by atoms with van der Waals surface area (Å²) < 4.78 is 5.06. The zero-order valence-electron chi connectivity index (χ0n) is 15.2. The third-order valence-corrected chi connectivity index (χ3v) is 4.50. The summed E-state index contributed by atoms with van der Waals surface area (Å²) in [6.45, 7) is 6.09. The van der Waals surface area contributed by atoms with Crippen molar-refractivity contribution in [2.45, 2.75) is 27.2 Å². The van der Waals surface area contributed by atoms with E-state index in [9.17, 15) is 9.59 Å². The van der Waals surface area contributed by atoms with Gasteiger partial charge in [0.05, 0.1) is 12.2 Å². The van der Waals surface area contributed by atoms with Crippen LogP contribution in [0.15, 0.2) is 30.5 Å². The van der Waals surface area contributed by atoms with Gasteiger partial charge in [-0.25, -0.2) is 4.79 Å². The van der Waals surface area contributed by atoms with Crippen LogP contribution in [-0.4, -0.2) is 35.0 Å². The number of amides is 1. The minimum atomic E-state index is -0.406. The van der Waals surface area contributed by atoms with Gasteiger partial charge in [0.1, 0.15) is 5.69 Å². The monoisotopic (exact) mass is 353 g/mol. The zero-order valence-corrected chi connectivity index (χ0v) is 15.2. The van der Waals surface area contributed by atoms with E-state index < -0.39 is 5.97 Å². The van der Waals surface area contributed by atoms with Crippen LogP contribution in [0, 0.1) is 13.8 Å². The van der Waals surface area contributed by atoms with Crippen molar-refractivity contribution in [3.8, 4) is 0 Å². The van der Waals surface area contributed by atoms with Crippen LogP contribution in [-0.2, 0) is 11.2 Å². The summed E-state index contributed by atoms with van der Waals surface area (Å²) >= 11 is 0. The lowest BCUT2D eigenvalue weighted by molar-refractivity contribution is 0.0525. The van der Waals surface area contributed by atoms with E-state index in [1.165, 1.54) is 5.39 Å². The SMILES string of the molecule is CCOC(=O)c1c(C)[nH]c(C(=O)NCCc2c[nH]c3ccccc23)c1C. The number of H-pyrrole nitrogens is 2. The van der Waals surface area contributed by atoms with Crippen molar-refractivity contribution in [1.82, 2.24) is 15.3 Å². The molecule has 0 radical (unpaired) electrons. The molecule has 136 valence electrons. The van der Waals surface area contributed by atoms with Crippen LogP contribution in [0.4, 0.5) is 0 Å². The van der Waals surface area contributed by atoms with Crippen LogP contribution in [0.25, 0.3) is 10.9 Å². The maximum Gasteiger partial charge on any atom is 0.340 e. The van der Waals surface area contributed by atoms with E-state index in [1.807, 2.05) is 24.4 Å². The lowest BCUT2D eigenvalue weighted by Gasteiger charge is -2.05. The number of esters is 1. The Morgan fingerprint density at radius 2 is 1.96 bits per heavy atom. The highest BCUT2D eigenvalue weighted by atomic mass is 16.5. The molecule has 2 aromatic heterocycles. The van der Waals surface area contributed by atoms with Gasteiger partial charge < -0.3 is 20.0 Å². The highest BCUT2D eigenvalue weighted by Gasteiger charge is 2.22. The van der Waals surface area contributed by atoms with Gasteiger partial charge in [-0.3, -0.25) is 4.79 Å². The fourth-order valence-electron chi connectivity index (χ4n) is 3.22. The van der Waals surface area contributed by atoms with E-state index in [2.05, 4.69) is 21.4 Å². The summed E-state index contributed by atoms with van der Waals surface area (Å²) in [6, 6.07) is 8.08. The van der Waals surface area contributed by atoms with Gasteiger partial charge in [0.15, 0.2) is 0 Å². The molecule has 3 N–H and O–H groups in total. The van der Waals surface area contributed by atoms with Crippen LogP contribution in [0.3, 0.4) is 0 Å². The van der Waals surface area contributed by atoms with Gasteiger partial charge in [0.2, 0.25) is 0 Å². The first-order valence-electron chi connectivity index (χ1n) is 8.72. The number of benzene rings is 1. The van der Waals surface area contributed by atoms with Gasteiger partial charge in [0, 0.05) is 29.3 Å². The van der Waals surface area contributed by atoms with Crippen LogP contribution in [0.5, 0.6) is 0 Å². The molecule has 1 amide bonds. The summed E-state index contributed by atoms with van der Waals surface area (Å²) in [4.78, 5) is 30.8. The molecular formula is C20H23N3O3. The smallest absolute Gasteiger partial charge is 0.340 e. The zero-order chi connectivity index (χ0) is 18.7. The quantitative estimate of drug-likeness (QED) is 0.595. The van der Waals surface area contributed by atoms with Crippen molar-refractivity contribution in [2.75, 3.05) is 13.2 Å². The second-order valence-electron chi connectivity index (χ2n) is 6.21. The Labute approximate surface area is 151 Å². The lowest BCUT2D eigenvalue weighted by atomic mass is 10.1. The molecule has 0 unspecified atom stereocenters. The maximum absolute atomic E-state index is 12.5. The summed E-state index contributed by atoms with van der Waals surface area (Å²) in [7, 11) is 0. The summed E-state index contributed by atoms with van der Waals surface area (Å²) in [5.41, 5.74) is 4.35. The van der Waals surface area contributed by atoms with Gasteiger partial charge in [0.25, 0.3) is 5.91 Å². The molecule has 3 rings (SSSR count). The fraction of sp³-hybridized carbons (Fsp3) is 0.300. The number of fused-ring (bicyclic) bond motifs is 1. The van der Waals surface area contributed by atoms with Crippen LogP contribution < -0.4 is 5.32 Å². The number of aromatic nitrogens is 2. The number of rotatable bonds is 6. The first kappa shape index (κ1) is 17.8. The molecule has 3 aromatic rings. The van der Waals surface area contributed by atoms with Crippen molar-refractivity contribution in [2.24, 2.45) is 0 Å². The molecule has 6 nitrogen and oxygen atoms in total. The third kappa shape index (κ3) is 3.35. The Hall–Kier alpha value is -3.02. The van der Waals surface area contributed by atoms with Crippen molar-refractivity contribution in [1.29, 1.82) is 0 Å². The van der Waals surface area contributed by atoms with Crippen molar-refractivity contribution in [3.05, 3.63) is 58.5 Å². The Morgan fingerprint density at radius 3 is 2.73 bits per heavy atom. The standard InChI is InChI=1S/C20H23N3O3/c1-4-26-20(25)17-12(2)18(23-13(17)3)19(24)21-10-9-14-11-22-16-8-6-5-7-15(14)16/h5-8,11,22-23H,4,9-10H2,1-3H3,(H,21,24). The summed E-state index contributed by atoms with van der Waals surface area (Å²) in [6.07, 6.45) is 2.69. The Bertz CT molecular complexity index is 953. The van der Waals surface area contributed by atoms with E-state index in [1.54, 1.807) is 20.8 Å². The number of hydrogen-bond acceptors (Lipinski definition) is 3. The molecule has 0 saturated heterocycles. The highest BCUT2D eigenvalue weighted by Crippen LogP contribution is 2.20. The molecule has 0 bridgehead atoms. The van der Waals surface area contributed by atoms with Gasteiger partial charge in [-0.05, 0) is 44.4 Å². The van der Waals surface area contributed by atoms with E-state index in [0.29, 0.717) is 35.7 Å². The predicted molar refractivity (Wildman–Crippen MR) is 101 cm³/mol. The summed E-state index contributed by atoms with van der Waals surface area (Å²) in [5, 5.41) is 4.08. The fourth-order valence-corrected chi connectivity index (χ4v) is 3.22. The Balaban J connectivity index is 1.67. The summed E-state index contributed by atoms with van der Waals surface area (Å²) in [5.74, 6) is -0.627. The molecule has 1 aromatic carbocycles. The largest absolute Gasteiger partial charge is 0.462 e. The molecular weight excluding hydrogens is 330 g/mol. The average Bonchev–Trinajstić information content (AvgIpc) is 3.16. The average molecular weight is 353 g/mol. The number of ether oxygens (including phenoxy) is 1. The lowest BCUT2D eigenvalue weighted by Crippen LogP contribution is -2.26. The number of aromatic amines is 2. The van der Waals surface area contributed by atoms with Gasteiger partial charge in [-0.15, -0.1) is 0 Å². The van der Waals surface area contributed by atoms with E-state index in [4.69, 9.17) is 4.74 Å². The van der Waals surface area contributed by atoms with Crippen LogP contribution in [0.2, 0.25) is 0 Å². The topological polar surface area (TPSA) is 87.0 Å². The minimum absolute atomic E-state index is 0.221. The van der Waals surface area contributed by atoms with Crippen molar-refractivity contribution in [3.63, 3.8) is 0 Å². The van der Waals surface area contributed by atoms with Gasteiger partial charge >= 0.3 is 5.97 Å². The minimum Gasteiger partial charge on any atom is -0.462 e. The Kier molecular flexibility index (Phi) is 5.11. The molecule has 0 atom stereocenters. The second-order valence-corrected chi connectivity index (χ2v) is 6.21. The third-order valence-electron chi connectivity index (χ3n) is 4.50. The van der Waals surface area contributed by atoms with Crippen LogP contribution >= 0.6 is 0 Å². The molecule has 0 saturated carbocycles. The second kappa shape index (κ2) is 7.47. The molecule has 0 fully saturated rings. The van der Waals surface area contributed by atoms with E-state index in [0.717, 1.165) is 17.5 Å². The number of aryl methyl sites for hydroxylation is 1. The van der Waals surface area contributed by atoms with Gasteiger partial charge in [-0.1, -0.05) is 18.2 Å². The molecule has 0 aliphatic carbocycles. The first-order chi connectivity index (χ1) is 12.5. The number of carbonyl (C=O) groups is 2. The molecule has 0 spiro atoms. The molecule has 2 heterocycles.